The third-order valence-electron chi connectivity index (χ3n) is 3.09. The molecule has 1 amide bonds. The minimum Gasteiger partial charge on any atom is -0.383 e. The van der Waals surface area contributed by atoms with Crippen LogP contribution in [0.15, 0.2) is 23.1 Å². The van der Waals surface area contributed by atoms with Crippen LogP contribution in [0.1, 0.15) is 17.1 Å². The van der Waals surface area contributed by atoms with Crippen LogP contribution in [0, 0.1) is 0 Å². The van der Waals surface area contributed by atoms with Gasteiger partial charge in [-0.05, 0) is 20.0 Å². The van der Waals surface area contributed by atoms with Gasteiger partial charge in [0.15, 0.2) is 0 Å². The second-order valence-electron chi connectivity index (χ2n) is 4.92. The Balaban J connectivity index is 1.75. The Morgan fingerprint density at radius 2 is 2.26 bits per heavy atom. The van der Waals surface area contributed by atoms with Crippen molar-refractivity contribution in [2.75, 3.05) is 40.4 Å². The molecule has 0 aliphatic heterocycles. The van der Waals surface area contributed by atoms with Gasteiger partial charge in [0, 0.05) is 32.6 Å². The van der Waals surface area contributed by atoms with Crippen LogP contribution in [0.4, 0.5) is 0 Å². The molecule has 0 unspecified atom stereocenters. The van der Waals surface area contributed by atoms with Gasteiger partial charge >= 0.3 is 11.8 Å². The number of hydrogen-bond acceptors (Lipinski definition) is 8. The van der Waals surface area contributed by atoms with Crippen molar-refractivity contribution in [2.24, 2.45) is 0 Å². The number of amides is 1. The van der Waals surface area contributed by atoms with E-state index in [4.69, 9.17) is 9.26 Å². The van der Waals surface area contributed by atoms with E-state index in [1.54, 1.807) is 13.3 Å². The lowest BCUT2D eigenvalue weighted by Gasteiger charge is -2.15. The van der Waals surface area contributed by atoms with Gasteiger partial charge in [-0.2, -0.15) is 4.98 Å². The van der Waals surface area contributed by atoms with E-state index in [1.165, 1.54) is 12.4 Å². The molecule has 1 N–H and O–H groups in total. The molecule has 9 nitrogen and oxygen atoms in total. The highest BCUT2D eigenvalue weighted by Crippen LogP contribution is 2.10. The van der Waals surface area contributed by atoms with Crippen LogP contribution < -0.4 is 5.32 Å². The zero-order chi connectivity index (χ0) is 16.5. The topological polar surface area (TPSA) is 106 Å². The van der Waals surface area contributed by atoms with Crippen molar-refractivity contribution in [2.45, 2.75) is 6.42 Å². The number of aromatic nitrogens is 4. The molecular weight excluding hydrogens is 300 g/mol. The third-order valence-corrected chi connectivity index (χ3v) is 3.09. The number of carbonyl (C=O) groups is 1. The van der Waals surface area contributed by atoms with Crippen LogP contribution in [-0.2, 0) is 4.74 Å². The zero-order valence-corrected chi connectivity index (χ0v) is 13.2. The molecular formula is C14H20N6O3. The molecule has 124 valence electrons. The fourth-order valence-electron chi connectivity index (χ4n) is 1.82. The van der Waals surface area contributed by atoms with E-state index in [9.17, 15) is 4.79 Å². The van der Waals surface area contributed by atoms with Crippen LogP contribution >= 0.6 is 0 Å². The number of likely N-dealkylation sites (N-methyl/N-ethyl adjacent to an activating group) is 1. The van der Waals surface area contributed by atoms with E-state index in [-0.39, 0.29) is 11.7 Å². The van der Waals surface area contributed by atoms with Crippen LogP contribution in [0.25, 0.3) is 11.5 Å². The van der Waals surface area contributed by atoms with Crippen LogP contribution in [0.2, 0.25) is 0 Å². The average Bonchev–Trinajstić information content (AvgIpc) is 3.07. The highest BCUT2D eigenvalue weighted by molar-refractivity contribution is 5.89. The van der Waals surface area contributed by atoms with E-state index >= 15 is 0 Å². The lowest BCUT2D eigenvalue weighted by molar-refractivity contribution is 0.0907. The molecule has 9 heteroatoms. The highest BCUT2D eigenvalue weighted by Gasteiger charge is 2.16. The summed E-state index contributed by atoms with van der Waals surface area (Å²) in [5, 5.41) is 6.47. The molecule has 0 saturated carbocycles. The third kappa shape index (κ3) is 5.38. The van der Waals surface area contributed by atoms with Gasteiger partial charge in [0.25, 0.3) is 0 Å². The van der Waals surface area contributed by atoms with Gasteiger partial charge in [-0.25, -0.2) is 4.98 Å². The van der Waals surface area contributed by atoms with Gasteiger partial charge in [0.2, 0.25) is 5.82 Å². The smallest absolute Gasteiger partial charge is 0.316 e. The standard InChI is InChI=1S/C14H20N6O3/c1-20(8-9-22-2)7-3-4-17-13(21)14-18-12(19-23-14)11-10-15-5-6-16-11/h5-6,10H,3-4,7-9H2,1-2H3,(H,17,21). The molecule has 0 bridgehead atoms. The summed E-state index contributed by atoms with van der Waals surface area (Å²) in [7, 11) is 3.68. The highest BCUT2D eigenvalue weighted by atomic mass is 16.5. The van der Waals surface area contributed by atoms with Gasteiger partial charge in [-0.15, -0.1) is 0 Å². The van der Waals surface area contributed by atoms with Gasteiger partial charge in [-0.1, -0.05) is 5.16 Å². The normalized spacial score (nSPS) is 10.9. The Morgan fingerprint density at radius 1 is 1.39 bits per heavy atom. The van der Waals surface area contributed by atoms with Crippen molar-refractivity contribution in [3.8, 4) is 11.5 Å². The number of hydrogen-bond donors (Lipinski definition) is 1. The molecule has 2 aromatic rings. The maximum Gasteiger partial charge on any atom is 0.316 e. The summed E-state index contributed by atoms with van der Waals surface area (Å²) in [6, 6.07) is 0. The van der Waals surface area contributed by atoms with Crippen LogP contribution in [0.3, 0.4) is 0 Å². The predicted molar refractivity (Wildman–Crippen MR) is 81.6 cm³/mol. The summed E-state index contributed by atoms with van der Waals surface area (Å²) in [6.45, 7) is 2.93. The fraction of sp³-hybridized carbons (Fsp3) is 0.500. The van der Waals surface area contributed by atoms with Crippen molar-refractivity contribution in [1.82, 2.24) is 30.3 Å². The SMILES string of the molecule is COCCN(C)CCCNC(=O)c1nc(-c2cnccn2)no1. The van der Waals surface area contributed by atoms with Gasteiger partial charge in [0.05, 0.1) is 12.8 Å². The molecule has 23 heavy (non-hydrogen) atoms. The first-order chi connectivity index (χ1) is 11.2. The van der Waals surface area contributed by atoms with Gasteiger partial charge in [-0.3, -0.25) is 9.78 Å². The fourth-order valence-corrected chi connectivity index (χ4v) is 1.82. The molecule has 0 fully saturated rings. The minimum absolute atomic E-state index is 0.0848. The Morgan fingerprint density at radius 3 is 3.00 bits per heavy atom. The predicted octanol–water partition coefficient (Wildman–Crippen LogP) is 0.225. The largest absolute Gasteiger partial charge is 0.383 e. The monoisotopic (exact) mass is 320 g/mol. The van der Waals surface area contributed by atoms with E-state index in [0.29, 0.717) is 18.8 Å². The lowest BCUT2D eigenvalue weighted by atomic mass is 10.4. The molecule has 0 aliphatic rings. The minimum atomic E-state index is -0.396. The number of methoxy groups -OCH3 is 1. The average molecular weight is 320 g/mol. The van der Waals surface area contributed by atoms with Crippen molar-refractivity contribution in [3.05, 3.63) is 24.5 Å². The molecule has 0 radical (unpaired) electrons. The summed E-state index contributed by atoms with van der Waals surface area (Å²) in [5.41, 5.74) is 0.454. The Hall–Kier alpha value is -2.39. The van der Waals surface area contributed by atoms with Gasteiger partial charge in [0.1, 0.15) is 5.69 Å². The Labute approximate surface area is 134 Å². The van der Waals surface area contributed by atoms with Crippen molar-refractivity contribution < 1.29 is 14.1 Å². The second-order valence-corrected chi connectivity index (χ2v) is 4.92. The molecule has 0 aliphatic carbocycles. The summed E-state index contributed by atoms with van der Waals surface area (Å²) in [6.07, 6.45) is 5.38. The quantitative estimate of drug-likeness (QED) is 0.654. The summed E-state index contributed by atoms with van der Waals surface area (Å²) in [4.78, 5) is 26.0. The molecule has 0 atom stereocenters. The van der Waals surface area contributed by atoms with E-state index < -0.39 is 5.91 Å². The van der Waals surface area contributed by atoms with Crippen molar-refractivity contribution >= 4 is 5.91 Å². The maximum atomic E-state index is 11.9. The summed E-state index contributed by atoms with van der Waals surface area (Å²) in [5.74, 6) is -0.242. The first kappa shape index (κ1) is 17.0. The van der Waals surface area contributed by atoms with E-state index in [1.807, 2.05) is 7.05 Å². The van der Waals surface area contributed by atoms with Gasteiger partial charge < -0.3 is 19.5 Å². The number of ether oxygens (including phenoxy) is 1. The lowest BCUT2D eigenvalue weighted by Crippen LogP contribution is -2.29. The number of rotatable bonds is 9. The first-order valence-corrected chi connectivity index (χ1v) is 7.26. The molecule has 2 aromatic heterocycles. The summed E-state index contributed by atoms with van der Waals surface area (Å²) >= 11 is 0. The van der Waals surface area contributed by atoms with E-state index in [2.05, 4.69) is 30.3 Å². The van der Waals surface area contributed by atoms with Crippen molar-refractivity contribution in [1.29, 1.82) is 0 Å². The zero-order valence-electron chi connectivity index (χ0n) is 13.2. The first-order valence-electron chi connectivity index (χ1n) is 7.26. The molecule has 0 spiro atoms. The molecule has 0 saturated heterocycles. The Bertz CT molecular complexity index is 604. The second kappa shape index (κ2) is 8.91. The maximum absolute atomic E-state index is 11.9. The molecule has 2 heterocycles. The summed E-state index contributed by atoms with van der Waals surface area (Å²) < 4.78 is 9.95. The molecule has 2 rings (SSSR count). The molecule has 0 aromatic carbocycles. The number of nitrogens with one attached hydrogen (secondary N) is 1. The van der Waals surface area contributed by atoms with Crippen molar-refractivity contribution in [3.63, 3.8) is 0 Å². The van der Waals surface area contributed by atoms with Crippen LogP contribution in [0.5, 0.6) is 0 Å². The van der Waals surface area contributed by atoms with E-state index in [0.717, 1.165) is 19.5 Å². The Kier molecular flexibility index (Phi) is 6.57. The van der Waals surface area contributed by atoms with Crippen LogP contribution in [-0.4, -0.2) is 71.3 Å². The number of carbonyl (C=O) groups excluding carboxylic acids is 1. The number of nitrogens with zero attached hydrogens (tertiary/aromatic N) is 5.